The summed E-state index contributed by atoms with van der Waals surface area (Å²) in [6, 6.07) is 19.2. The summed E-state index contributed by atoms with van der Waals surface area (Å²) in [5, 5.41) is 2.79. The first-order valence-electron chi connectivity index (χ1n) is 9.54. The van der Waals surface area contributed by atoms with Crippen LogP contribution >= 0.6 is 11.8 Å². The molecule has 0 bridgehead atoms. The summed E-state index contributed by atoms with van der Waals surface area (Å²) in [6.45, 7) is 3.49. The van der Waals surface area contributed by atoms with Gasteiger partial charge in [-0.1, -0.05) is 23.8 Å². The van der Waals surface area contributed by atoms with Crippen LogP contribution in [-0.2, 0) is 14.8 Å². The number of hydrogen-bond donors (Lipinski definition) is 2. The summed E-state index contributed by atoms with van der Waals surface area (Å²) in [5.74, 6) is 0.151. The van der Waals surface area contributed by atoms with Gasteiger partial charge in [0.25, 0.3) is 15.9 Å². The minimum Gasteiger partial charge on any atom is -0.483 e. The first-order chi connectivity index (χ1) is 14.8. The monoisotopic (exact) mass is 456 g/mol. The molecule has 0 spiro atoms. The molecule has 0 aliphatic carbocycles. The number of nitrogens with one attached hydrogen (secondary N) is 2. The third-order valence-corrected chi connectivity index (χ3v) is 6.58. The van der Waals surface area contributed by atoms with Gasteiger partial charge in [0.2, 0.25) is 0 Å². The Morgan fingerprint density at radius 1 is 0.968 bits per heavy atom. The first-order valence-corrected chi connectivity index (χ1v) is 12.2. The second-order valence-corrected chi connectivity index (χ2v) is 9.53. The maximum atomic E-state index is 12.7. The number of ether oxygens (including phenoxy) is 1. The molecule has 0 radical (unpaired) electrons. The third-order valence-electron chi connectivity index (χ3n) is 4.47. The molecule has 0 aliphatic rings. The number of hydrogen-bond acceptors (Lipinski definition) is 5. The number of sulfonamides is 1. The molecular weight excluding hydrogens is 432 g/mol. The molecule has 0 saturated carbocycles. The molecule has 162 valence electrons. The predicted octanol–water partition coefficient (Wildman–Crippen LogP) is 4.84. The van der Waals surface area contributed by atoms with E-state index in [2.05, 4.69) is 10.0 Å². The lowest BCUT2D eigenvalue weighted by atomic mass is 10.2. The molecule has 0 unspecified atom stereocenters. The normalized spacial score (nSPS) is 11.1. The van der Waals surface area contributed by atoms with Gasteiger partial charge in [0.1, 0.15) is 5.75 Å². The first kappa shape index (κ1) is 22.7. The number of amides is 1. The summed E-state index contributed by atoms with van der Waals surface area (Å²) in [7, 11) is -3.73. The van der Waals surface area contributed by atoms with E-state index in [-0.39, 0.29) is 17.4 Å². The fraction of sp³-hybridized carbons (Fsp3) is 0.174. The van der Waals surface area contributed by atoms with Crippen LogP contribution < -0.4 is 14.8 Å². The Labute approximate surface area is 187 Å². The number of benzene rings is 3. The van der Waals surface area contributed by atoms with Crippen LogP contribution in [0.4, 0.5) is 11.4 Å². The van der Waals surface area contributed by atoms with E-state index in [4.69, 9.17) is 4.74 Å². The zero-order chi connectivity index (χ0) is 22.4. The molecule has 0 saturated heterocycles. The number of thioether (sulfide) groups is 1. The van der Waals surface area contributed by atoms with Crippen molar-refractivity contribution < 1.29 is 17.9 Å². The standard InChI is InChI=1S/C23H24N2O4S2/c1-16-7-9-18(10-8-16)25-31(27,28)21-11-12-22(17(2)13-21)29-15-23(26)24-19-5-4-6-20(14-19)30-3/h4-14,25H,15H2,1-3H3,(H,24,26). The molecule has 3 aromatic carbocycles. The summed E-state index contributed by atoms with van der Waals surface area (Å²) in [4.78, 5) is 13.4. The van der Waals surface area contributed by atoms with Gasteiger partial charge in [-0.2, -0.15) is 0 Å². The minimum atomic E-state index is -3.73. The average Bonchev–Trinajstić information content (AvgIpc) is 2.74. The van der Waals surface area contributed by atoms with Gasteiger partial charge >= 0.3 is 0 Å². The fourth-order valence-electron chi connectivity index (χ4n) is 2.83. The number of carbonyl (C=O) groups excluding carboxylic acids is 1. The Morgan fingerprint density at radius 3 is 2.39 bits per heavy atom. The highest BCUT2D eigenvalue weighted by Gasteiger charge is 2.16. The Hall–Kier alpha value is -2.97. The molecule has 6 nitrogen and oxygen atoms in total. The second kappa shape index (κ2) is 9.89. The molecule has 0 atom stereocenters. The summed E-state index contributed by atoms with van der Waals surface area (Å²) in [5.41, 5.74) is 2.84. The SMILES string of the molecule is CSc1cccc(NC(=O)COc2ccc(S(=O)(=O)Nc3ccc(C)cc3)cc2C)c1. The Kier molecular flexibility index (Phi) is 7.25. The van der Waals surface area contributed by atoms with Crippen LogP contribution in [0.2, 0.25) is 0 Å². The molecule has 0 aromatic heterocycles. The zero-order valence-corrected chi connectivity index (χ0v) is 19.1. The van der Waals surface area contributed by atoms with Crippen molar-refractivity contribution in [1.82, 2.24) is 0 Å². The van der Waals surface area contributed by atoms with E-state index in [0.717, 1.165) is 10.5 Å². The van der Waals surface area contributed by atoms with Crippen LogP contribution in [0.15, 0.2) is 76.5 Å². The molecular formula is C23H24N2O4S2. The molecule has 3 aromatic rings. The van der Waals surface area contributed by atoms with Crippen molar-refractivity contribution in [2.75, 3.05) is 22.9 Å². The molecule has 31 heavy (non-hydrogen) atoms. The molecule has 2 N–H and O–H groups in total. The largest absolute Gasteiger partial charge is 0.483 e. The Balaban J connectivity index is 1.63. The van der Waals surface area contributed by atoms with Crippen LogP contribution in [0.5, 0.6) is 5.75 Å². The van der Waals surface area contributed by atoms with Crippen LogP contribution in [0.25, 0.3) is 0 Å². The number of anilines is 2. The Bertz CT molecular complexity index is 1180. The molecule has 3 rings (SSSR count). The van der Waals surface area contributed by atoms with Gasteiger partial charge < -0.3 is 10.1 Å². The van der Waals surface area contributed by atoms with Gasteiger partial charge in [-0.25, -0.2) is 8.42 Å². The topological polar surface area (TPSA) is 84.5 Å². The molecule has 0 heterocycles. The van der Waals surface area contributed by atoms with Crippen molar-refractivity contribution in [3.8, 4) is 5.75 Å². The summed E-state index contributed by atoms with van der Waals surface area (Å²) >= 11 is 1.59. The summed E-state index contributed by atoms with van der Waals surface area (Å²) in [6.07, 6.45) is 1.97. The lowest BCUT2D eigenvalue weighted by molar-refractivity contribution is -0.118. The highest BCUT2D eigenvalue weighted by Crippen LogP contribution is 2.24. The minimum absolute atomic E-state index is 0.122. The van der Waals surface area contributed by atoms with Gasteiger partial charge in [0.05, 0.1) is 4.90 Å². The summed E-state index contributed by atoms with van der Waals surface area (Å²) < 4.78 is 33.5. The van der Waals surface area contributed by atoms with Crippen molar-refractivity contribution in [3.63, 3.8) is 0 Å². The van der Waals surface area contributed by atoms with E-state index in [1.54, 1.807) is 36.9 Å². The maximum Gasteiger partial charge on any atom is 0.262 e. The fourth-order valence-corrected chi connectivity index (χ4v) is 4.43. The van der Waals surface area contributed by atoms with E-state index in [1.165, 1.54) is 12.1 Å². The van der Waals surface area contributed by atoms with Crippen LogP contribution in [-0.4, -0.2) is 27.2 Å². The van der Waals surface area contributed by atoms with E-state index < -0.39 is 10.0 Å². The highest BCUT2D eigenvalue weighted by atomic mass is 32.2. The van der Waals surface area contributed by atoms with Gasteiger partial charge in [0, 0.05) is 16.3 Å². The van der Waals surface area contributed by atoms with Gasteiger partial charge in [0.15, 0.2) is 6.61 Å². The molecule has 0 aliphatic heterocycles. The number of carbonyl (C=O) groups is 1. The lowest BCUT2D eigenvalue weighted by Gasteiger charge is -2.13. The zero-order valence-electron chi connectivity index (χ0n) is 17.5. The van der Waals surface area contributed by atoms with E-state index in [9.17, 15) is 13.2 Å². The molecule has 0 fully saturated rings. The van der Waals surface area contributed by atoms with Crippen molar-refractivity contribution in [1.29, 1.82) is 0 Å². The smallest absolute Gasteiger partial charge is 0.262 e. The molecule has 8 heteroatoms. The van der Waals surface area contributed by atoms with Gasteiger partial charge in [-0.05, 0) is 74.2 Å². The van der Waals surface area contributed by atoms with E-state index in [0.29, 0.717) is 22.7 Å². The highest BCUT2D eigenvalue weighted by molar-refractivity contribution is 7.98. The average molecular weight is 457 g/mol. The van der Waals surface area contributed by atoms with Crippen molar-refractivity contribution in [2.45, 2.75) is 23.6 Å². The van der Waals surface area contributed by atoms with Crippen LogP contribution in [0.1, 0.15) is 11.1 Å². The third kappa shape index (κ3) is 6.26. The van der Waals surface area contributed by atoms with Gasteiger partial charge in [-0.15, -0.1) is 11.8 Å². The quantitative estimate of drug-likeness (QED) is 0.474. The number of aryl methyl sites for hydroxylation is 2. The van der Waals surface area contributed by atoms with Crippen LogP contribution in [0, 0.1) is 13.8 Å². The van der Waals surface area contributed by atoms with E-state index in [1.807, 2.05) is 49.6 Å². The molecule has 1 amide bonds. The lowest BCUT2D eigenvalue weighted by Crippen LogP contribution is -2.20. The van der Waals surface area contributed by atoms with E-state index >= 15 is 0 Å². The van der Waals surface area contributed by atoms with Crippen LogP contribution in [0.3, 0.4) is 0 Å². The van der Waals surface area contributed by atoms with Crippen molar-refractivity contribution in [3.05, 3.63) is 77.9 Å². The van der Waals surface area contributed by atoms with Crippen molar-refractivity contribution >= 4 is 39.1 Å². The second-order valence-electron chi connectivity index (χ2n) is 6.97. The van der Waals surface area contributed by atoms with Crippen molar-refractivity contribution in [2.24, 2.45) is 0 Å². The maximum absolute atomic E-state index is 12.7. The van der Waals surface area contributed by atoms with Gasteiger partial charge in [-0.3, -0.25) is 9.52 Å². The predicted molar refractivity (Wildman–Crippen MR) is 126 cm³/mol. The number of rotatable bonds is 8. The Morgan fingerprint density at radius 2 is 1.71 bits per heavy atom.